The van der Waals surface area contributed by atoms with E-state index in [1.807, 2.05) is 0 Å². The van der Waals surface area contributed by atoms with E-state index in [1.54, 1.807) is 36.4 Å². The van der Waals surface area contributed by atoms with Crippen LogP contribution in [0.4, 0.5) is 5.69 Å². The van der Waals surface area contributed by atoms with Crippen molar-refractivity contribution in [2.45, 2.75) is 6.42 Å². The highest BCUT2D eigenvalue weighted by Gasteiger charge is 2.26. The average Bonchev–Trinajstić information content (AvgIpc) is 3.04. The van der Waals surface area contributed by atoms with Gasteiger partial charge in [-0.2, -0.15) is 0 Å². The number of H-pyrrole nitrogens is 2. The highest BCUT2D eigenvalue weighted by Crippen LogP contribution is 2.29. The van der Waals surface area contributed by atoms with E-state index < -0.39 is 0 Å². The fourth-order valence-corrected chi connectivity index (χ4v) is 3.35. The van der Waals surface area contributed by atoms with E-state index in [2.05, 4.69) is 20.6 Å². The van der Waals surface area contributed by atoms with Gasteiger partial charge in [-0.15, -0.1) is 0 Å². The number of anilines is 1. The summed E-state index contributed by atoms with van der Waals surface area (Å²) in [7, 11) is 0. The number of ether oxygens (including phenoxy) is 1. The molecule has 3 aromatic rings. The summed E-state index contributed by atoms with van der Waals surface area (Å²) < 4.78 is 5.61. The average molecular weight is 401 g/mol. The molecule has 9 heteroatoms. The van der Waals surface area contributed by atoms with Crippen molar-refractivity contribution in [1.29, 1.82) is 0 Å². The monoisotopic (exact) mass is 400 g/mol. The zero-order chi connectivity index (χ0) is 19.7. The number of rotatable bonds is 4. The van der Waals surface area contributed by atoms with Gasteiger partial charge in [-0.1, -0.05) is 11.6 Å². The second kappa shape index (κ2) is 7.40. The lowest BCUT2D eigenvalue weighted by Crippen LogP contribution is -2.40. The summed E-state index contributed by atoms with van der Waals surface area (Å²) >= 11 is 5.99. The molecule has 0 saturated heterocycles. The van der Waals surface area contributed by atoms with Crippen LogP contribution in [0.5, 0.6) is 5.75 Å². The summed E-state index contributed by atoms with van der Waals surface area (Å²) in [6.45, 7) is 0.0824. The van der Waals surface area contributed by atoms with Crippen LogP contribution in [0, 0.1) is 5.92 Å². The third-order valence-electron chi connectivity index (χ3n) is 4.52. The van der Waals surface area contributed by atoms with Gasteiger partial charge in [0.1, 0.15) is 12.4 Å². The third-order valence-corrected chi connectivity index (χ3v) is 4.76. The van der Waals surface area contributed by atoms with E-state index in [0.717, 1.165) is 11.3 Å². The van der Waals surface area contributed by atoms with Crippen LogP contribution >= 0.6 is 11.6 Å². The number of carbonyl (C=O) groups excluding carboxylic acids is 2. The van der Waals surface area contributed by atoms with Gasteiger partial charge in [-0.25, -0.2) is 4.79 Å². The van der Waals surface area contributed by atoms with Gasteiger partial charge in [-0.3, -0.25) is 9.59 Å². The molecule has 8 nitrogen and oxygen atoms in total. The number of nitrogens with one attached hydrogen (secondary N) is 4. The molecule has 4 N–H and O–H groups in total. The lowest BCUT2D eigenvalue weighted by atomic mass is 9.96. The lowest BCUT2D eigenvalue weighted by molar-refractivity contribution is -0.128. The largest absolute Gasteiger partial charge is 0.492 e. The Balaban J connectivity index is 1.32. The number of amides is 2. The number of aromatic amines is 2. The number of halogens is 1. The Morgan fingerprint density at radius 1 is 1.14 bits per heavy atom. The molecule has 0 spiro atoms. The van der Waals surface area contributed by atoms with Crippen molar-refractivity contribution in [3.8, 4) is 5.75 Å². The van der Waals surface area contributed by atoms with Crippen molar-refractivity contribution >= 4 is 40.1 Å². The molecule has 0 aliphatic carbocycles. The molecule has 2 heterocycles. The minimum absolute atomic E-state index is 0.167. The van der Waals surface area contributed by atoms with Gasteiger partial charge < -0.3 is 25.3 Å². The molecule has 1 atom stereocenters. The minimum Gasteiger partial charge on any atom is -0.492 e. The Kier molecular flexibility index (Phi) is 4.79. The highest BCUT2D eigenvalue weighted by atomic mass is 35.5. The Morgan fingerprint density at radius 2 is 1.96 bits per heavy atom. The summed E-state index contributed by atoms with van der Waals surface area (Å²) in [5.41, 5.74) is 2.31. The van der Waals surface area contributed by atoms with E-state index in [0.29, 0.717) is 28.2 Å². The fraction of sp³-hybridized carbons (Fsp3) is 0.211. The van der Waals surface area contributed by atoms with Gasteiger partial charge in [0.05, 0.1) is 23.5 Å². The maximum absolute atomic E-state index is 12.4. The molecule has 0 unspecified atom stereocenters. The first kappa shape index (κ1) is 18.1. The van der Waals surface area contributed by atoms with Crippen molar-refractivity contribution in [2.75, 3.05) is 18.5 Å². The van der Waals surface area contributed by atoms with Crippen LogP contribution in [0.1, 0.15) is 5.56 Å². The Labute approximate surface area is 164 Å². The van der Waals surface area contributed by atoms with Gasteiger partial charge in [0, 0.05) is 10.7 Å². The molecule has 1 aliphatic heterocycles. The predicted octanol–water partition coefficient (Wildman–Crippen LogP) is 1.82. The van der Waals surface area contributed by atoms with E-state index in [-0.39, 0.29) is 36.6 Å². The van der Waals surface area contributed by atoms with E-state index in [1.165, 1.54) is 0 Å². The topological polar surface area (TPSA) is 116 Å². The number of fused-ring (bicyclic) bond motifs is 2. The Morgan fingerprint density at radius 3 is 2.82 bits per heavy atom. The molecule has 28 heavy (non-hydrogen) atoms. The molecule has 2 amide bonds. The molecular formula is C19H17ClN4O4. The fourth-order valence-electron chi connectivity index (χ4n) is 3.16. The number of hydrogen-bond acceptors (Lipinski definition) is 4. The normalized spacial score (nSPS) is 15.5. The van der Waals surface area contributed by atoms with Crippen molar-refractivity contribution < 1.29 is 14.3 Å². The molecule has 0 radical (unpaired) electrons. The quantitative estimate of drug-likeness (QED) is 0.534. The van der Waals surface area contributed by atoms with Crippen molar-refractivity contribution in [3.05, 3.63) is 57.5 Å². The lowest BCUT2D eigenvalue weighted by Gasteiger charge is -2.24. The maximum Gasteiger partial charge on any atom is 0.323 e. The van der Waals surface area contributed by atoms with Crippen LogP contribution in [0.25, 0.3) is 11.0 Å². The zero-order valence-corrected chi connectivity index (χ0v) is 15.4. The molecule has 4 rings (SSSR count). The molecule has 144 valence electrons. The second-order valence-corrected chi connectivity index (χ2v) is 7.01. The Bertz CT molecular complexity index is 1120. The van der Waals surface area contributed by atoms with Crippen molar-refractivity contribution in [2.24, 2.45) is 5.92 Å². The zero-order valence-electron chi connectivity index (χ0n) is 14.7. The van der Waals surface area contributed by atoms with Crippen LogP contribution in [0.2, 0.25) is 5.02 Å². The van der Waals surface area contributed by atoms with E-state index in [9.17, 15) is 14.4 Å². The first-order valence-corrected chi connectivity index (χ1v) is 9.06. The maximum atomic E-state index is 12.4. The van der Waals surface area contributed by atoms with E-state index >= 15 is 0 Å². The van der Waals surface area contributed by atoms with Gasteiger partial charge in [-0.05, 0) is 48.4 Å². The second-order valence-electron chi connectivity index (χ2n) is 6.57. The van der Waals surface area contributed by atoms with Crippen LogP contribution in [0.3, 0.4) is 0 Å². The van der Waals surface area contributed by atoms with Crippen molar-refractivity contribution in [3.63, 3.8) is 0 Å². The SMILES string of the molecule is O=C(CNC(=O)[C@H]1COc2ccc(Cl)cc2C1)Nc1ccc2[nH]c(=O)[nH]c2c1. The van der Waals surface area contributed by atoms with Crippen LogP contribution in [-0.2, 0) is 16.0 Å². The van der Waals surface area contributed by atoms with Gasteiger partial charge in [0.15, 0.2) is 0 Å². The number of carbonyl (C=O) groups is 2. The van der Waals surface area contributed by atoms with Gasteiger partial charge in [0.2, 0.25) is 11.8 Å². The standard InChI is InChI=1S/C19H17ClN4O4/c20-12-1-4-16-10(6-12)5-11(9-28-16)18(26)21-8-17(25)22-13-2-3-14-15(7-13)24-19(27)23-14/h1-4,6-7,11H,5,8-9H2,(H,21,26)(H,22,25)(H2,23,24,27)/t11-/m1/s1. The van der Waals surface area contributed by atoms with Crippen LogP contribution in [-0.4, -0.2) is 34.9 Å². The summed E-state index contributed by atoms with van der Waals surface area (Å²) in [4.78, 5) is 41.0. The first-order chi connectivity index (χ1) is 13.5. The van der Waals surface area contributed by atoms with Gasteiger partial charge in [0.25, 0.3) is 0 Å². The van der Waals surface area contributed by atoms with Gasteiger partial charge >= 0.3 is 5.69 Å². The molecular weight excluding hydrogens is 384 g/mol. The summed E-state index contributed by atoms with van der Waals surface area (Å²) in [6, 6.07) is 10.3. The van der Waals surface area contributed by atoms with Crippen LogP contribution in [0.15, 0.2) is 41.2 Å². The number of aromatic nitrogens is 2. The molecule has 2 aromatic carbocycles. The molecule has 0 fully saturated rings. The third kappa shape index (κ3) is 3.86. The molecule has 1 aromatic heterocycles. The number of hydrogen-bond donors (Lipinski definition) is 4. The summed E-state index contributed by atoms with van der Waals surface area (Å²) in [6.07, 6.45) is 0.501. The predicted molar refractivity (Wildman–Crippen MR) is 105 cm³/mol. The first-order valence-electron chi connectivity index (χ1n) is 8.69. The summed E-state index contributed by atoms with van der Waals surface area (Å²) in [5, 5.41) is 5.90. The smallest absolute Gasteiger partial charge is 0.323 e. The molecule has 1 aliphatic rings. The summed E-state index contributed by atoms with van der Waals surface area (Å²) in [5.74, 6) is -0.290. The Hall–Kier alpha value is -3.26. The highest BCUT2D eigenvalue weighted by molar-refractivity contribution is 6.30. The number of imidazole rings is 1. The number of benzene rings is 2. The molecule has 0 saturated carbocycles. The minimum atomic E-state index is -0.389. The van der Waals surface area contributed by atoms with Crippen LogP contribution < -0.4 is 21.1 Å². The molecule has 0 bridgehead atoms. The van der Waals surface area contributed by atoms with E-state index in [4.69, 9.17) is 16.3 Å². The van der Waals surface area contributed by atoms with Crippen molar-refractivity contribution in [1.82, 2.24) is 15.3 Å².